The molecule has 4 rings (SSSR count). The summed E-state index contributed by atoms with van der Waals surface area (Å²) in [7, 11) is 0. The monoisotopic (exact) mass is 334 g/mol. The fourth-order valence-corrected chi connectivity index (χ4v) is 5.30. The summed E-state index contributed by atoms with van der Waals surface area (Å²) in [5.41, 5.74) is -1.20. The quantitative estimate of drug-likeness (QED) is 0.646. The summed E-state index contributed by atoms with van der Waals surface area (Å²) in [6, 6.07) is 1.23. The van der Waals surface area contributed by atoms with E-state index in [1.807, 2.05) is 13.8 Å². The van der Waals surface area contributed by atoms with Gasteiger partial charge in [0, 0.05) is 23.6 Å². The van der Waals surface area contributed by atoms with Crippen LogP contribution in [0.5, 0.6) is 17.2 Å². The number of carbonyl (C=O) groups excluding carboxylic acids is 1. The number of ether oxygens (including phenoxy) is 1. The molecule has 4 N–H and O–H groups in total. The summed E-state index contributed by atoms with van der Waals surface area (Å²) in [5, 5.41) is 42.4. The van der Waals surface area contributed by atoms with Crippen molar-refractivity contribution < 1.29 is 30.0 Å². The molecule has 24 heavy (non-hydrogen) atoms. The summed E-state index contributed by atoms with van der Waals surface area (Å²) in [6.07, 6.45) is -0.836. The highest BCUT2D eigenvalue weighted by Crippen LogP contribution is 2.65. The number of phenols is 2. The molecule has 0 radical (unpaired) electrons. The van der Waals surface area contributed by atoms with Crippen LogP contribution >= 0.6 is 0 Å². The highest BCUT2D eigenvalue weighted by atomic mass is 16.5. The van der Waals surface area contributed by atoms with E-state index in [4.69, 9.17) is 4.74 Å². The third-order valence-corrected chi connectivity index (χ3v) is 6.31. The van der Waals surface area contributed by atoms with Crippen LogP contribution in [0, 0.1) is 5.92 Å². The van der Waals surface area contributed by atoms with Gasteiger partial charge in [-0.2, -0.15) is 0 Å². The van der Waals surface area contributed by atoms with Crippen molar-refractivity contribution in [3.05, 3.63) is 17.2 Å². The summed E-state index contributed by atoms with van der Waals surface area (Å²) in [5.74, 6) is -0.863. The van der Waals surface area contributed by atoms with E-state index in [1.54, 1.807) is 0 Å². The van der Waals surface area contributed by atoms with Gasteiger partial charge in [0.15, 0.2) is 17.6 Å². The zero-order valence-electron chi connectivity index (χ0n) is 13.7. The number of aromatic hydroxyl groups is 2. The second kappa shape index (κ2) is 4.64. The molecule has 0 bridgehead atoms. The molecule has 1 aromatic rings. The van der Waals surface area contributed by atoms with Gasteiger partial charge in [0.05, 0.1) is 11.0 Å². The lowest BCUT2D eigenvalue weighted by Crippen LogP contribution is -2.70. The molecule has 1 saturated carbocycles. The van der Waals surface area contributed by atoms with Crippen molar-refractivity contribution in [2.75, 3.05) is 0 Å². The Morgan fingerprint density at radius 3 is 2.71 bits per heavy atom. The number of Topliss-reactive ketones (excluding diaryl/α,β-unsaturated/α-hetero) is 1. The number of benzene rings is 1. The van der Waals surface area contributed by atoms with Crippen LogP contribution in [0.4, 0.5) is 0 Å². The Hall–Kier alpha value is -1.79. The van der Waals surface area contributed by atoms with Crippen LogP contribution in [-0.2, 0) is 16.6 Å². The second-order valence-corrected chi connectivity index (χ2v) is 7.47. The standard InChI is InChI=1S/C18H22O6/c1-3-4-17-13-9-5-8(2)18(17,23)7-12(21)14(22)16(17)24-15(13)11(20)6-10(9)19/h6,8,12,16,19-21,23H,3-5,7H2,1-2H3/t8-,12?,16+,17+,18-/m1/s1. The highest BCUT2D eigenvalue weighted by molar-refractivity contribution is 5.93. The third-order valence-electron chi connectivity index (χ3n) is 6.31. The van der Waals surface area contributed by atoms with E-state index in [9.17, 15) is 25.2 Å². The van der Waals surface area contributed by atoms with Gasteiger partial charge in [-0.25, -0.2) is 0 Å². The minimum absolute atomic E-state index is 0.0431. The van der Waals surface area contributed by atoms with Gasteiger partial charge in [0.25, 0.3) is 0 Å². The summed E-state index contributed by atoms with van der Waals surface area (Å²) < 4.78 is 5.81. The molecular formula is C18H22O6. The minimum Gasteiger partial charge on any atom is -0.508 e. The van der Waals surface area contributed by atoms with Crippen molar-refractivity contribution >= 4 is 5.78 Å². The van der Waals surface area contributed by atoms with Crippen LogP contribution in [-0.4, -0.2) is 44.0 Å². The van der Waals surface area contributed by atoms with Crippen LogP contribution in [0.3, 0.4) is 0 Å². The first-order valence-electron chi connectivity index (χ1n) is 8.47. The molecule has 0 saturated heterocycles. The number of hydrogen-bond acceptors (Lipinski definition) is 6. The molecule has 2 aliphatic carbocycles. The van der Waals surface area contributed by atoms with Crippen LogP contribution in [0.25, 0.3) is 0 Å². The molecule has 3 aliphatic rings. The lowest BCUT2D eigenvalue weighted by molar-refractivity contribution is -0.183. The number of phenolic OH excluding ortho intramolecular Hbond substituents is 2. The molecule has 0 aromatic heterocycles. The van der Waals surface area contributed by atoms with E-state index in [0.717, 1.165) is 0 Å². The first-order valence-corrected chi connectivity index (χ1v) is 8.47. The predicted molar refractivity (Wildman–Crippen MR) is 84.2 cm³/mol. The van der Waals surface area contributed by atoms with E-state index in [2.05, 4.69) is 0 Å². The van der Waals surface area contributed by atoms with Gasteiger partial charge in [-0.1, -0.05) is 20.3 Å². The zero-order chi connectivity index (χ0) is 17.4. The van der Waals surface area contributed by atoms with Gasteiger partial charge in [-0.05, 0) is 18.8 Å². The molecule has 1 heterocycles. The average Bonchev–Trinajstić information content (AvgIpc) is 2.86. The Balaban J connectivity index is 2.10. The normalized spacial score (nSPS) is 39.5. The summed E-state index contributed by atoms with van der Waals surface area (Å²) in [6.45, 7) is 3.82. The first-order chi connectivity index (χ1) is 11.3. The Morgan fingerprint density at radius 1 is 1.33 bits per heavy atom. The molecule has 1 fully saturated rings. The van der Waals surface area contributed by atoms with Gasteiger partial charge in [0.1, 0.15) is 11.9 Å². The molecule has 130 valence electrons. The van der Waals surface area contributed by atoms with Gasteiger partial charge >= 0.3 is 0 Å². The van der Waals surface area contributed by atoms with Crippen molar-refractivity contribution in [1.82, 2.24) is 0 Å². The summed E-state index contributed by atoms with van der Waals surface area (Å²) >= 11 is 0. The molecule has 1 unspecified atom stereocenters. The topological polar surface area (TPSA) is 107 Å². The first kappa shape index (κ1) is 15.7. The minimum atomic E-state index is -1.33. The number of ketones is 1. The van der Waals surface area contributed by atoms with E-state index in [-0.39, 0.29) is 29.6 Å². The van der Waals surface area contributed by atoms with E-state index in [0.29, 0.717) is 30.4 Å². The number of rotatable bonds is 2. The Labute approximate surface area is 139 Å². The number of aliphatic hydroxyl groups excluding tert-OH is 1. The number of aliphatic hydroxyl groups is 2. The number of hydrogen-bond donors (Lipinski definition) is 4. The van der Waals surface area contributed by atoms with Crippen molar-refractivity contribution in [2.45, 2.75) is 62.8 Å². The molecule has 1 aromatic carbocycles. The van der Waals surface area contributed by atoms with E-state index in [1.165, 1.54) is 6.07 Å². The molecule has 0 amide bonds. The zero-order valence-corrected chi connectivity index (χ0v) is 13.7. The van der Waals surface area contributed by atoms with Crippen molar-refractivity contribution in [3.8, 4) is 17.2 Å². The van der Waals surface area contributed by atoms with Crippen LogP contribution in [0.15, 0.2) is 6.07 Å². The maximum atomic E-state index is 12.7. The second-order valence-electron chi connectivity index (χ2n) is 7.47. The van der Waals surface area contributed by atoms with Crippen LogP contribution < -0.4 is 4.74 Å². The predicted octanol–water partition coefficient (Wildman–Crippen LogP) is 1.15. The maximum absolute atomic E-state index is 12.7. The van der Waals surface area contributed by atoms with Crippen molar-refractivity contribution in [3.63, 3.8) is 0 Å². The Kier molecular flexibility index (Phi) is 3.04. The highest BCUT2D eigenvalue weighted by Gasteiger charge is 2.71. The SMILES string of the molecule is CCC[C@]12c3c4c(O)cc(O)c3O[C@H]1C(=O)C(O)C[C@@]2(O)[C@H](C)C4. The lowest BCUT2D eigenvalue weighted by Gasteiger charge is -2.57. The molecule has 6 nitrogen and oxygen atoms in total. The third kappa shape index (κ3) is 1.51. The Bertz CT molecular complexity index is 744. The Morgan fingerprint density at radius 2 is 2.04 bits per heavy atom. The van der Waals surface area contributed by atoms with Gasteiger partial charge in [0.2, 0.25) is 5.78 Å². The number of carbonyl (C=O) groups is 1. The average molecular weight is 334 g/mol. The van der Waals surface area contributed by atoms with Gasteiger partial charge in [-0.15, -0.1) is 0 Å². The molecular weight excluding hydrogens is 312 g/mol. The van der Waals surface area contributed by atoms with Crippen LogP contribution in [0.2, 0.25) is 0 Å². The van der Waals surface area contributed by atoms with Crippen LogP contribution in [0.1, 0.15) is 44.2 Å². The van der Waals surface area contributed by atoms with Gasteiger partial charge in [-0.3, -0.25) is 4.79 Å². The van der Waals surface area contributed by atoms with Crippen molar-refractivity contribution in [2.24, 2.45) is 5.92 Å². The van der Waals surface area contributed by atoms with E-state index < -0.39 is 29.0 Å². The maximum Gasteiger partial charge on any atom is 0.202 e. The largest absolute Gasteiger partial charge is 0.508 e. The smallest absolute Gasteiger partial charge is 0.202 e. The molecule has 1 aliphatic heterocycles. The lowest BCUT2D eigenvalue weighted by atomic mass is 9.48. The fourth-order valence-electron chi connectivity index (χ4n) is 5.30. The van der Waals surface area contributed by atoms with Gasteiger partial charge < -0.3 is 25.2 Å². The molecule has 5 atom stereocenters. The van der Waals surface area contributed by atoms with E-state index >= 15 is 0 Å². The van der Waals surface area contributed by atoms with Crippen molar-refractivity contribution in [1.29, 1.82) is 0 Å². The molecule has 0 spiro atoms. The summed E-state index contributed by atoms with van der Waals surface area (Å²) in [4.78, 5) is 12.7. The fraction of sp³-hybridized carbons (Fsp3) is 0.611. The molecule has 6 heteroatoms.